The summed E-state index contributed by atoms with van der Waals surface area (Å²) in [5.74, 6) is 0.436. The highest BCUT2D eigenvalue weighted by Gasteiger charge is 2.50. The van der Waals surface area contributed by atoms with Gasteiger partial charge in [0.15, 0.2) is 0 Å². The topological polar surface area (TPSA) is 57.6 Å². The quantitative estimate of drug-likeness (QED) is 0.336. The van der Waals surface area contributed by atoms with E-state index >= 15 is 0 Å². The summed E-state index contributed by atoms with van der Waals surface area (Å²) in [6, 6.07) is 0. The molecule has 0 bridgehead atoms. The molecule has 1 atom stereocenters. The Morgan fingerprint density at radius 2 is 2.27 bits per heavy atom. The standard InChI is InChI=1S/C7H7NO3/c1-3-7(11)5(9)4-8(2)6(7)10/h1,11H,4H2,2H3/t7-/m1/s1. The van der Waals surface area contributed by atoms with Gasteiger partial charge < -0.3 is 10.0 Å². The highest BCUT2D eigenvalue weighted by atomic mass is 16.3. The smallest absolute Gasteiger partial charge is 0.275 e. The summed E-state index contributed by atoms with van der Waals surface area (Å²) in [4.78, 5) is 23.0. The normalized spacial score (nSPS) is 30.8. The molecule has 4 nitrogen and oxygen atoms in total. The SMILES string of the molecule is C#C[C@@]1(O)C(=O)CN(C)C1=O. The van der Waals surface area contributed by atoms with Crippen LogP contribution in [0.4, 0.5) is 0 Å². The van der Waals surface area contributed by atoms with Crippen LogP contribution in [0.25, 0.3) is 0 Å². The van der Waals surface area contributed by atoms with E-state index < -0.39 is 17.3 Å². The Hall–Kier alpha value is -1.34. The highest BCUT2D eigenvalue weighted by Crippen LogP contribution is 2.16. The minimum Gasteiger partial charge on any atom is -0.364 e. The summed E-state index contributed by atoms with van der Waals surface area (Å²) in [6.07, 6.45) is 4.84. The summed E-state index contributed by atoms with van der Waals surface area (Å²) >= 11 is 0. The first-order valence-electron chi connectivity index (χ1n) is 3.01. The van der Waals surface area contributed by atoms with Crippen molar-refractivity contribution >= 4 is 11.7 Å². The van der Waals surface area contributed by atoms with Crippen LogP contribution in [0.1, 0.15) is 0 Å². The van der Waals surface area contributed by atoms with Crippen LogP contribution in [-0.4, -0.2) is 40.9 Å². The molecular formula is C7H7NO3. The molecule has 1 saturated heterocycles. The average molecular weight is 153 g/mol. The summed E-state index contributed by atoms with van der Waals surface area (Å²) in [5, 5.41) is 9.23. The second kappa shape index (κ2) is 2.07. The van der Waals surface area contributed by atoms with Crippen LogP contribution in [0.15, 0.2) is 0 Å². The molecule has 0 aliphatic carbocycles. The van der Waals surface area contributed by atoms with Crippen LogP contribution in [-0.2, 0) is 9.59 Å². The zero-order valence-electron chi connectivity index (χ0n) is 6.00. The Kier molecular flexibility index (Phi) is 1.46. The van der Waals surface area contributed by atoms with E-state index in [2.05, 4.69) is 0 Å². The Morgan fingerprint density at radius 3 is 2.45 bits per heavy atom. The number of hydrogen-bond donors (Lipinski definition) is 1. The molecule has 11 heavy (non-hydrogen) atoms. The van der Waals surface area contributed by atoms with Crippen LogP contribution in [0.5, 0.6) is 0 Å². The summed E-state index contributed by atoms with van der Waals surface area (Å²) in [6.45, 7) is -0.112. The monoisotopic (exact) mass is 153 g/mol. The number of carbonyl (C=O) groups is 2. The van der Waals surface area contributed by atoms with Crippen molar-refractivity contribution < 1.29 is 14.7 Å². The van der Waals surface area contributed by atoms with Crippen LogP contribution in [0.2, 0.25) is 0 Å². The van der Waals surface area contributed by atoms with Crippen LogP contribution < -0.4 is 0 Å². The molecule has 1 aliphatic heterocycles. The first-order chi connectivity index (χ1) is 5.02. The maximum absolute atomic E-state index is 11.0. The summed E-state index contributed by atoms with van der Waals surface area (Å²) in [5.41, 5.74) is -2.20. The Labute approximate surface area is 63.8 Å². The van der Waals surface area contributed by atoms with Crippen molar-refractivity contribution in [1.82, 2.24) is 4.90 Å². The zero-order chi connectivity index (χ0) is 8.65. The number of hydrogen-bond acceptors (Lipinski definition) is 3. The van der Waals surface area contributed by atoms with Gasteiger partial charge in [0, 0.05) is 7.05 Å². The van der Waals surface area contributed by atoms with Crippen LogP contribution in [0.3, 0.4) is 0 Å². The molecule has 0 unspecified atom stereocenters. The van der Waals surface area contributed by atoms with E-state index in [1.807, 2.05) is 0 Å². The number of aliphatic hydroxyl groups is 1. The number of terminal acetylenes is 1. The predicted octanol–water partition coefficient (Wildman–Crippen LogP) is -1.61. The van der Waals surface area contributed by atoms with Gasteiger partial charge in [0.1, 0.15) is 0 Å². The molecule has 1 N–H and O–H groups in total. The van der Waals surface area contributed by atoms with Gasteiger partial charge in [-0.2, -0.15) is 0 Å². The molecule has 0 saturated carbocycles. The van der Waals surface area contributed by atoms with Crippen molar-refractivity contribution in [1.29, 1.82) is 0 Å². The molecule has 0 aromatic carbocycles. The molecule has 0 radical (unpaired) electrons. The Bertz CT molecular complexity index is 265. The maximum Gasteiger partial charge on any atom is 0.275 e. The molecule has 58 valence electrons. The molecular weight excluding hydrogens is 146 g/mol. The first kappa shape index (κ1) is 7.76. The molecule has 0 aromatic heterocycles. The third kappa shape index (κ3) is 0.819. The molecule has 0 aromatic rings. The van der Waals surface area contributed by atoms with Gasteiger partial charge in [-0.1, -0.05) is 5.92 Å². The van der Waals surface area contributed by atoms with E-state index in [0.29, 0.717) is 0 Å². The highest BCUT2D eigenvalue weighted by molar-refractivity contribution is 6.18. The van der Waals surface area contributed by atoms with E-state index in [1.54, 1.807) is 5.92 Å². The lowest BCUT2D eigenvalue weighted by atomic mass is 10.0. The van der Waals surface area contributed by atoms with Gasteiger partial charge in [0.2, 0.25) is 5.78 Å². The van der Waals surface area contributed by atoms with Crippen LogP contribution in [0, 0.1) is 12.3 Å². The third-order valence-electron chi connectivity index (χ3n) is 1.65. The van der Waals surface area contributed by atoms with Gasteiger partial charge in [-0.15, -0.1) is 6.42 Å². The van der Waals surface area contributed by atoms with Gasteiger partial charge in [-0.25, -0.2) is 0 Å². The Morgan fingerprint density at radius 1 is 1.73 bits per heavy atom. The molecule has 0 spiro atoms. The predicted molar refractivity (Wildman–Crippen MR) is 36.4 cm³/mol. The number of Topliss-reactive ketones (excluding diaryl/α,β-unsaturated/α-hetero) is 1. The summed E-state index contributed by atoms with van der Waals surface area (Å²) in [7, 11) is 1.41. The van der Waals surface area contributed by atoms with Gasteiger partial charge in [0.05, 0.1) is 6.54 Å². The van der Waals surface area contributed by atoms with E-state index in [4.69, 9.17) is 6.42 Å². The lowest BCUT2D eigenvalue weighted by molar-refractivity contribution is -0.142. The van der Waals surface area contributed by atoms with Crippen molar-refractivity contribution in [3.05, 3.63) is 0 Å². The van der Waals surface area contributed by atoms with Crippen molar-refractivity contribution in [2.75, 3.05) is 13.6 Å². The van der Waals surface area contributed by atoms with Crippen molar-refractivity contribution in [2.24, 2.45) is 0 Å². The van der Waals surface area contributed by atoms with Crippen molar-refractivity contribution in [3.8, 4) is 12.3 Å². The van der Waals surface area contributed by atoms with Gasteiger partial charge in [-0.3, -0.25) is 9.59 Å². The molecule has 1 rings (SSSR count). The van der Waals surface area contributed by atoms with E-state index in [0.717, 1.165) is 4.90 Å². The fourth-order valence-corrected chi connectivity index (χ4v) is 0.939. The average Bonchev–Trinajstić information content (AvgIpc) is 2.16. The van der Waals surface area contributed by atoms with Crippen molar-refractivity contribution in [2.45, 2.75) is 5.60 Å². The van der Waals surface area contributed by atoms with Crippen LogP contribution >= 0.6 is 0 Å². The number of likely N-dealkylation sites (N-methyl/N-ethyl adjacent to an activating group) is 1. The fourth-order valence-electron chi connectivity index (χ4n) is 0.939. The van der Waals surface area contributed by atoms with Gasteiger partial charge >= 0.3 is 0 Å². The van der Waals surface area contributed by atoms with Gasteiger partial charge in [0.25, 0.3) is 11.5 Å². The van der Waals surface area contributed by atoms with E-state index in [1.165, 1.54) is 7.05 Å². The largest absolute Gasteiger partial charge is 0.364 e. The fraction of sp³-hybridized carbons (Fsp3) is 0.429. The third-order valence-corrected chi connectivity index (χ3v) is 1.65. The first-order valence-corrected chi connectivity index (χ1v) is 3.01. The maximum atomic E-state index is 11.0. The minimum atomic E-state index is -2.20. The molecule has 1 heterocycles. The lowest BCUT2D eigenvalue weighted by Crippen LogP contribution is -2.41. The van der Waals surface area contributed by atoms with E-state index in [9.17, 15) is 14.7 Å². The minimum absolute atomic E-state index is 0.112. The number of ketones is 1. The van der Waals surface area contributed by atoms with Gasteiger partial charge in [-0.05, 0) is 0 Å². The Balaban J connectivity index is 3.09. The number of carbonyl (C=O) groups excluding carboxylic acids is 2. The number of amides is 1. The number of likely N-dealkylation sites (tertiary alicyclic amines) is 1. The van der Waals surface area contributed by atoms with E-state index in [-0.39, 0.29) is 6.54 Å². The molecule has 1 fully saturated rings. The van der Waals surface area contributed by atoms with Crippen molar-refractivity contribution in [3.63, 3.8) is 0 Å². The lowest BCUT2D eigenvalue weighted by Gasteiger charge is -2.10. The second-order valence-corrected chi connectivity index (χ2v) is 2.44. The number of nitrogens with zero attached hydrogens (tertiary/aromatic N) is 1. The zero-order valence-corrected chi connectivity index (χ0v) is 6.00. The number of rotatable bonds is 0. The second-order valence-electron chi connectivity index (χ2n) is 2.44. The molecule has 4 heteroatoms. The molecule has 1 amide bonds. The summed E-state index contributed by atoms with van der Waals surface area (Å²) < 4.78 is 0. The molecule has 1 aliphatic rings.